The van der Waals surface area contributed by atoms with Crippen molar-refractivity contribution in [3.05, 3.63) is 12.3 Å². The number of esters is 1. The Hall–Kier alpha value is -1.85. The van der Waals surface area contributed by atoms with Crippen LogP contribution < -0.4 is 10.6 Å². The highest BCUT2D eigenvalue weighted by Crippen LogP contribution is 2.03. The molecule has 1 rings (SSSR count). The first kappa shape index (κ1) is 11.2. The summed E-state index contributed by atoms with van der Waals surface area (Å²) in [6, 6.07) is 1.68. The molecule has 0 aliphatic carbocycles. The van der Waals surface area contributed by atoms with Gasteiger partial charge in [0.25, 0.3) is 0 Å². The molecule has 6 nitrogen and oxygen atoms in total. The smallest absolute Gasteiger partial charge is 0.325 e. The molecular weight excluding hydrogens is 196 g/mol. The lowest BCUT2D eigenvalue weighted by Crippen LogP contribution is -2.17. The van der Waals surface area contributed by atoms with Gasteiger partial charge in [-0.2, -0.15) is 4.98 Å². The Kier molecular flexibility index (Phi) is 4.33. The van der Waals surface area contributed by atoms with Crippen LogP contribution in [-0.2, 0) is 9.53 Å². The zero-order valence-corrected chi connectivity index (χ0v) is 8.78. The Morgan fingerprint density at radius 3 is 3.07 bits per heavy atom. The molecule has 1 aromatic heterocycles. The van der Waals surface area contributed by atoms with E-state index in [4.69, 9.17) is 4.74 Å². The van der Waals surface area contributed by atoms with Crippen LogP contribution in [0, 0.1) is 0 Å². The maximum atomic E-state index is 11.0. The molecule has 0 bridgehead atoms. The van der Waals surface area contributed by atoms with Crippen LogP contribution in [0.15, 0.2) is 12.3 Å². The molecule has 0 aliphatic heterocycles. The maximum Gasteiger partial charge on any atom is 0.325 e. The molecule has 82 valence electrons. The molecular formula is C9H14N4O2. The summed E-state index contributed by atoms with van der Waals surface area (Å²) < 4.78 is 4.76. The van der Waals surface area contributed by atoms with E-state index in [2.05, 4.69) is 20.6 Å². The number of ether oxygens (including phenoxy) is 1. The molecule has 0 radical (unpaired) electrons. The molecule has 0 amide bonds. The van der Waals surface area contributed by atoms with E-state index in [1.807, 2.05) is 0 Å². The van der Waals surface area contributed by atoms with Gasteiger partial charge < -0.3 is 15.4 Å². The summed E-state index contributed by atoms with van der Waals surface area (Å²) in [6.07, 6.45) is 1.60. The van der Waals surface area contributed by atoms with E-state index in [0.29, 0.717) is 18.4 Å². The minimum atomic E-state index is -0.304. The van der Waals surface area contributed by atoms with Gasteiger partial charge >= 0.3 is 5.97 Å². The molecule has 1 aromatic rings. The minimum Gasteiger partial charge on any atom is -0.465 e. The number of nitrogens with zero attached hydrogens (tertiary/aromatic N) is 2. The molecule has 15 heavy (non-hydrogen) atoms. The van der Waals surface area contributed by atoms with Crippen molar-refractivity contribution in [2.45, 2.75) is 6.92 Å². The van der Waals surface area contributed by atoms with E-state index >= 15 is 0 Å². The summed E-state index contributed by atoms with van der Waals surface area (Å²) in [5.74, 6) is 0.786. The quantitative estimate of drug-likeness (QED) is 0.689. The van der Waals surface area contributed by atoms with Gasteiger partial charge in [0.2, 0.25) is 5.95 Å². The van der Waals surface area contributed by atoms with Crippen molar-refractivity contribution >= 4 is 17.7 Å². The van der Waals surface area contributed by atoms with Crippen LogP contribution in [0.3, 0.4) is 0 Å². The number of nitrogens with one attached hydrogen (secondary N) is 2. The predicted octanol–water partition coefficient (Wildman–Crippen LogP) is 0.493. The fourth-order valence-corrected chi connectivity index (χ4v) is 0.952. The molecule has 0 unspecified atom stereocenters. The average Bonchev–Trinajstić information content (AvgIpc) is 2.27. The first-order chi connectivity index (χ1) is 7.26. The lowest BCUT2D eigenvalue weighted by Gasteiger charge is -2.05. The third-order valence-corrected chi connectivity index (χ3v) is 1.60. The first-order valence-corrected chi connectivity index (χ1v) is 4.66. The first-order valence-electron chi connectivity index (χ1n) is 4.66. The van der Waals surface area contributed by atoms with Crippen LogP contribution in [-0.4, -0.2) is 36.1 Å². The van der Waals surface area contributed by atoms with Gasteiger partial charge in [-0.15, -0.1) is 0 Å². The molecule has 0 saturated carbocycles. The van der Waals surface area contributed by atoms with Gasteiger partial charge in [-0.1, -0.05) is 0 Å². The molecule has 0 aromatic carbocycles. The number of carbonyl (C=O) groups excluding carboxylic acids is 1. The molecule has 0 saturated heterocycles. The lowest BCUT2D eigenvalue weighted by molar-refractivity contribution is -0.140. The standard InChI is InChI=1S/C9H14N4O2/c1-3-15-8(14)6-12-7-4-5-11-9(10-2)13-7/h4-5H,3,6H2,1-2H3,(H2,10,11,12,13). The normalized spacial score (nSPS) is 9.47. The SMILES string of the molecule is CCOC(=O)CNc1ccnc(NC)n1. The van der Waals surface area contributed by atoms with Gasteiger partial charge in [0, 0.05) is 13.2 Å². The summed E-state index contributed by atoms with van der Waals surface area (Å²) >= 11 is 0. The van der Waals surface area contributed by atoms with Crippen LogP contribution in [0.2, 0.25) is 0 Å². The van der Waals surface area contributed by atoms with E-state index in [-0.39, 0.29) is 12.5 Å². The summed E-state index contributed by atoms with van der Waals surface area (Å²) in [7, 11) is 1.73. The monoisotopic (exact) mass is 210 g/mol. The molecule has 0 atom stereocenters. The Labute approximate surface area is 88.1 Å². The number of aromatic nitrogens is 2. The second kappa shape index (κ2) is 5.79. The largest absolute Gasteiger partial charge is 0.465 e. The Balaban J connectivity index is 2.46. The fourth-order valence-electron chi connectivity index (χ4n) is 0.952. The van der Waals surface area contributed by atoms with E-state index < -0.39 is 0 Å². The molecule has 2 N–H and O–H groups in total. The van der Waals surface area contributed by atoms with E-state index in [0.717, 1.165) is 0 Å². The van der Waals surface area contributed by atoms with E-state index in [1.165, 1.54) is 0 Å². The van der Waals surface area contributed by atoms with Gasteiger partial charge in [0.15, 0.2) is 0 Å². The summed E-state index contributed by atoms with van der Waals surface area (Å²) in [4.78, 5) is 19.1. The highest BCUT2D eigenvalue weighted by molar-refractivity contribution is 5.74. The van der Waals surface area contributed by atoms with Crippen LogP contribution >= 0.6 is 0 Å². The zero-order chi connectivity index (χ0) is 11.1. The Bertz CT molecular complexity index is 330. The zero-order valence-electron chi connectivity index (χ0n) is 8.78. The molecule has 1 heterocycles. The van der Waals surface area contributed by atoms with Crippen molar-refractivity contribution in [1.29, 1.82) is 0 Å². The number of anilines is 2. The van der Waals surface area contributed by atoms with Crippen molar-refractivity contribution in [2.75, 3.05) is 30.8 Å². The molecule has 0 spiro atoms. The van der Waals surface area contributed by atoms with Crippen molar-refractivity contribution in [3.8, 4) is 0 Å². The Morgan fingerprint density at radius 2 is 2.40 bits per heavy atom. The summed E-state index contributed by atoms with van der Waals surface area (Å²) in [5.41, 5.74) is 0. The van der Waals surface area contributed by atoms with Crippen LogP contribution in [0.25, 0.3) is 0 Å². The van der Waals surface area contributed by atoms with Crippen molar-refractivity contribution in [1.82, 2.24) is 9.97 Å². The average molecular weight is 210 g/mol. The third-order valence-electron chi connectivity index (χ3n) is 1.60. The van der Waals surface area contributed by atoms with Crippen molar-refractivity contribution in [3.63, 3.8) is 0 Å². The van der Waals surface area contributed by atoms with Crippen LogP contribution in [0.5, 0.6) is 0 Å². The minimum absolute atomic E-state index is 0.105. The number of carbonyl (C=O) groups is 1. The second-order valence-electron chi connectivity index (χ2n) is 2.67. The van der Waals surface area contributed by atoms with Gasteiger partial charge in [-0.05, 0) is 13.0 Å². The Morgan fingerprint density at radius 1 is 1.60 bits per heavy atom. The van der Waals surface area contributed by atoms with Gasteiger partial charge in [0.05, 0.1) is 6.61 Å². The third kappa shape index (κ3) is 3.80. The van der Waals surface area contributed by atoms with Crippen molar-refractivity contribution < 1.29 is 9.53 Å². The number of hydrogen-bond acceptors (Lipinski definition) is 6. The van der Waals surface area contributed by atoms with E-state index in [9.17, 15) is 4.79 Å². The maximum absolute atomic E-state index is 11.0. The fraction of sp³-hybridized carbons (Fsp3) is 0.444. The number of hydrogen-bond donors (Lipinski definition) is 2. The summed E-state index contributed by atoms with van der Waals surface area (Å²) in [6.45, 7) is 2.25. The summed E-state index contributed by atoms with van der Waals surface area (Å²) in [5, 5.41) is 5.64. The van der Waals surface area contributed by atoms with E-state index in [1.54, 1.807) is 26.2 Å². The topological polar surface area (TPSA) is 76.1 Å². The van der Waals surface area contributed by atoms with Gasteiger partial charge in [0.1, 0.15) is 12.4 Å². The highest BCUT2D eigenvalue weighted by Gasteiger charge is 2.02. The second-order valence-corrected chi connectivity index (χ2v) is 2.67. The number of rotatable bonds is 5. The van der Waals surface area contributed by atoms with Gasteiger partial charge in [-0.25, -0.2) is 4.98 Å². The lowest BCUT2D eigenvalue weighted by atomic mass is 10.5. The van der Waals surface area contributed by atoms with Crippen LogP contribution in [0.1, 0.15) is 6.92 Å². The van der Waals surface area contributed by atoms with Crippen LogP contribution in [0.4, 0.5) is 11.8 Å². The predicted molar refractivity (Wildman–Crippen MR) is 56.7 cm³/mol. The van der Waals surface area contributed by atoms with Gasteiger partial charge in [-0.3, -0.25) is 4.79 Å². The molecule has 6 heteroatoms. The molecule has 0 aliphatic rings. The molecule has 0 fully saturated rings. The van der Waals surface area contributed by atoms with Crippen molar-refractivity contribution in [2.24, 2.45) is 0 Å². The highest BCUT2D eigenvalue weighted by atomic mass is 16.5.